The second kappa shape index (κ2) is 5.82. The molecular weight excluding hydrogens is 252 g/mol. The third kappa shape index (κ3) is 3.02. The largest absolute Gasteiger partial charge is 0.496 e. The number of anilines is 1. The molecule has 1 atom stereocenters. The van der Waals surface area contributed by atoms with Gasteiger partial charge in [-0.2, -0.15) is 0 Å². The summed E-state index contributed by atoms with van der Waals surface area (Å²) in [5.41, 5.74) is 3.18. The van der Waals surface area contributed by atoms with Crippen molar-refractivity contribution in [2.24, 2.45) is 7.05 Å². The lowest BCUT2D eigenvalue weighted by Crippen LogP contribution is -2.16. The molecule has 4 nitrogen and oxygen atoms in total. The standard InChI is InChI=1S/C16H20N2O2/c1-11-5-7-15(20-4)14(9-11)12(2)17-13-6-8-16(19)18(3)10-13/h5-10,12,17H,1-4H3. The number of nitrogens with zero attached hydrogens (tertiary/aromatic N) is 1. The van der Waals surface area contributed by atoms with Crippen molar-refractivity contribution in [3.8, 4) is 5.75 Å². The van der Waals surface area contributed by atoms with Crippen LogP contribution in [0.2, 0.25) is 0 Å². The highest BCUT2D eigenvalue weighted by Gasteiger charge is 2.11. The summed E-state index contributed by atoms with van der Waals surface area (Å²) in [5.74, 6) is 0.862. The second-order valence-corrected chi connectivity index (χ2v) is 4.98. The fourth-order valence-corrected chi connectivity index (χ4v) is 2.20. The molecule has 0 aliphatic heterocycles. The van der Waals surface area contributed by atoms with Crippen LogP contribution in [0.4, 0.5) is 5.69 Å². The number of hydrogen-bond acceptors (Lipinski definition) is 3. The highest BCUT2D eigenvalue weighted by Crippen LogP contribution is 2.28. The zero-order valence-corrected chi connectivity index (χ0v) is 12.3. The van der Waals surface area contributed by atoms with E-state index in [1.165, 1.54) is 5.56 Å². The van der Waals surface area contributed by atoms with Gasteiger partial charge in [0.2, 0.25) is 5.56 Å². The maximum absolute atomic E-state index is 11.4. The zero-order valence-electron chi connectivity index (χ0n) is 12.3. The topological polar surface area (TPSA) is 43.3 Å². The molecule has 2 rings (SSSR count). The van der Waals surface area contributed by atoms with E-state index in [0.717, 1.165) is 17.0 Å². The van der Waals surface area contributed by atoms with Crippen molar-refractivity contribution in [3.63, 3.8) is 0 Å². The molecule has 106 valence electrons. The molecule has 1 heterocycles. The van der Waals surface area contributed by atoms with Gasteiger partial charge in [0.05, 0.1) is 18.8 Å². The molecule has 4 heteroatoms. The Morgan fingerprint density at radius 3 is 2.65 bits per heavy atom. The second-order valence-electron chi connectivity index (χ2n) is 4.98. The summed E-state index contributed by atoms with van der Waals surface area (Å²) in [5, 5.41) is 3.39. The molecule has 0 spiro atoms. The number of pyridine rings is 1. The molecule has 0 bridgehead atoms. The van der Waals surface area contributed by atoms with Crippen molar-refractivity contribution >= 4 is 5.69 Å². The van der Waals surface area contributed by atoms with Gasteiger partial charge in [-0.05, 0) is 26.0 Å². The number of benzene rings is 1. The first-order chi connectivity index (χ1) is 9.51. The van der Waals surface area contributed by atoms with Crippen molar-refractivity contribution in [1.29, 1.82) is 0 Å². The van der Waals surface area contributed by atoms with E-state index in [1.54, 1.807) is 37.1 Å². The quantitative estimate of drug-likeness (QED) is 0.930. The highest BCUT2D eigenvalue weighted by atomic mass is 16.5. The molecule has 0 radical (unpaired) electrons. The number of hydrogen-bond donors (Lipinski definition) is 1. The Balaban J connectivity index is 2.27. The summed E-state index contributed by atoms with van der Waals surface area (Å²) in [6.45, 7) is 4.13. The van der Waals surface area contributed by atoms with Crippen molar-refractivity contribution in [1.82, 2.24) is 4.57 Å². The van der Waals surface area contributed by atoms with Gasteiger partial charge in [-0.25, -0.2) is 0 Å². The van der Waals surface area contributed by atoms with Crippen molar-refractivity contribution in [2.75, 3.05) is 12.4 Å². The summed E-state index contributed by atoms with van der Waals surface area (Å²) >= 11 is 0. The summed E-state index contributed by atoms with van der Waals surface area (Å²) in [6.07, 6.45) is 1.79. The first-order valence-electron chi connectivity index (χ1n) is 6.59. The highest BCUT2D eigenvalue weighted by molar-refractivity contribution is 5.47. The van der Waals surface area contributed by atoms with Gasteiger partial charge in [0.25, 0.3) is 0 Å². The number of methoxy groups -OCH3 is 1. The summed E-state index contributed by atoms with van der Waals surface area (Å²) < 4.78 is 6.96. The van der Waals surface area contributed by atoms with Crippen LogP contribution in [-0.2, 0) is 7.05 Å². The molecule has 20 heavy (non-hydrogen) atoms. The lowest BCUT2D eigenvalue weighted by atomic mass is 10.0. The van der Waals surface area contributed by atoms with Crippen LogP contribution in [0.25, 0.3) is 0 Å². The normalized spacial score (nSPS) is 12.0. The van der Waals surface area contributed by atoms with E-state index in [4.69, 9.17) is 4.74 Å². The Kier molecular flexibility index (Phi) is 4.13. The van der Waals surface area contributed by atoms with Gasteiger partial charge in [0, 0.05) is 24.9 Å². The minimum Gasteiger partial charge on any atom is -0.496 e. The average molecular weight is 272 g/mol. The van der Waals surface area contributed by atoms with Crippen LogP contribution in [0.1, 0.15) is 24.1 Å². The van der Waals surface area contributed by atoms with Crippen molar-refractivity contribution < 1.29 is 4.74 Å². The van der Waals surface area contributed by atoms with Crippen molar-refractivity contribution in [3.05, 3.63) is 58.0 Å². The molecule has 0 saturated carbocycles. The van der Waals surface area contributed by atoms with E-state index in [2.05, 4.69) is 25.2 Å². The molecule has 0 amide bonds. The molecule has 1 aromatic carbocycles. The van der Waals surface area contributed by atoms with Crippen LogP contribution in [0.5, 0.6) is 5.75 Å². The smallest absolute Gasteiger partial charge is 0.250 e. The van der Waals surface area contributed by atoms with Gasteiger partial charge < -0.3 is 14.6 Å². The van der Waals surface area contributed by atoms with Gasteiger partial charge in [0.15, 0.2) is 0 Å². The van der Waals surface area contributed by atoms with E-state index in [0.29, 0.717) is 0 Å². The fourth-order valence-electron chi connectivity index (χ4n) is 2.20. The molecular formula is C16H20N2O2. The molecule has 1 unspecified atom stereocenters. The van der Waals surface area contributed by atoms with Crippen LogP contribution in [-0.4, -0.2) is 11.7 Å². The van der Waals surface area contributed by atoms with Crippen LogP contribution in [0, 0.1) is 6.92 Å². The minimum atomic E-state index is -0.0173. The minimum absolute atomic E-state index is 0.0173. The SMILES string of the molecule is COc1ccc(C)cc1C(C)Nc1ccc(=O)n(C)c1. The van der Waals surface area contributed by atoms with Gasteiger partial charge in [-0.3, -0.25) is 4.79 Å². The predicted molar refractivity (Wildman–Crippen MR) is 81.5 cm³/mol. The van der Waals surface area contributed by atoms with Crippen LogP contribution in [0.15, 0.2) is 41.3 Å². The lowest BCUT2D eigenvalue weighted by Gasteiger charge is -2.19. The maximum Gasteiger partial charge on any atom is 0.250 e. The van der Waals surface area contributed by atoms with E-state index >= 15 is 0 Å². The molecule has 1 N–H and O–H groups in total. The van der Waals surface area contributed by atoms with Crippen molar-refractivity contribution in [2.45, 2.75) is 19.9 Å². The summed E-state index contributed by atoms with van der Waals surface area (Å²) in [7, 11) is 3.42. The third-order valence-electron chi connectivity index (χ3n) is 3.32. The van der Waals surface area contributed by atoms with Crippen LogP contribution >= 0.6 is 0 Å². The number of nitrogens with one attached hydrogen (secondary N) is 1. The van der Waals surface area contributed by atoms with Gasteiger partial charge >= 0.3 is 0 Å². The van der Waals surface area contributed by atoms with E-state index < -0.39 is 0 Å². The number of aryl methyl sites for hydroxylation is 2. The number of aromatic nitrogens is 1. The van der Waals surface area contributed by atoms with Crippen LogP contribution < -0.4 is 15.6 Å². The lowest BCUT2D eigenvalue weighted by molar-refractivity contribution is 0.408. The Hall–Kier alpha value is -2.23. The molecule has 2 aromatic rings. The molecule has 0 fully saturated rings. The summed E-state index contributed by atoms with van der Waals surface area (Å²) in [4.78, 5) is 11.4. The first-order valence-corrected chi connectivity index (χ1v) is 6.59. The molecule has 0 saturated heterocycles. The summed E-state index contributed by atoms with van der Waals surface area (Å²) in [6, 6.07) is 9.55. The van der Waals surface area contributed by atoms with Gasteiger partial charge in [0.1, 0.15) is 5.75 Å². The van der Waals surface area contributed by atoms with Gasteiger partial charge in [-0.15, -0.1) is 0 Å². The van der Waals surface area contributed by atoms with Crippen LogP contribution in [0.3, 0.4) is 0 Å². The van der Waals surface area contributed by atoms with E-state index in [-0.39, 0.29) is 11.6 Å². The number of rotatable bonds is 4. The Morgan fingerprint density at radius 1 is 1.25 bits per heavy atom. The first kappa shape index (κ1) is 14.2. The Morgan fingerprint density at radius 2 is 2.00 bits per heavy atom. The predicted octanol–water partition coefficient (Wildman–Crippen LogP) is 2.88. The van der Waals surface area contributed by atoms with Gasteiger partial charge in [-0.1, -0.05) is 17.7 Å². The van der Waals surface area contributed by atoms with E-state index in [1.807, 2.05) is 12.1 Å². The zero-order chi connectivity index (χ0) is 14.7. The third-order valence-corrected chi connectivity index (χ3v) is 3.32. The molecule has 0 aliphatic rings. The van der Waals surface area contributed by atoms with E-state index in [9.17, 15) is 4.79 Å². The number of ether oxygens (including phenoxy) is 1. The maximum atomic E-state index is 11.4. The monoisotopic (exact) mass is 272 g/mol. The molecule has 1 aromatic heterocycles. The fraction of sp³-hybridized carbons (Fsp3) is 0.312. The Labute approximate surface area is 119 Å². The molecule has 0 aliphatic carbocycles. The average Bonchev–Trinajstić information content (AvgIpc) is 2.43. The Bertz CT molecular complexity index is 662.